The molecule has 0 radical (unpaired) electrons. The Bertz CT molecular complexity index is 2830. The largest absolute Gasteiger partial charge is 0.277 e. The third-order valence-electron chi connectivity index (χ3n) is 9.58. The summed E-state index contributed by atoms with van der Waals surface area (Å²) in [5.74, 6) is 0.669. The Morgan fingerprint density at radius 3 is 1.70 bits per heavy atom. The Labute approximate surface area is 271 Å². The summed E-state index contributed by atoms with van der Waals surface area (Å²) < 4.78 is 2.33. The predicted octanol–water partition coefficient (Wildman–Crippen LogP) is 11.5. The fourth-order valence-electron chi connectivity index (χ4n) is 7.47. The summed E-state index contributed by atoms with van der Waals surface area (Å²) >= 11 is 0. The molecular formula is C44H27N3. The van der Waals surface area contributed by atoms with Crippen LogP contribution in [0.3, 0.4) is 0 Å². The smallest absolute Gasteiger partial charge is 0.235 e. The van der Waals surface area contributed by atoms with E-state index in [2.05, 4.69) is 168 Å². The van der Waals surface area contributed by atoms with Crippen molar-refractivity contribution in [3.05, 3.63) is 164 Å². The highest BCUT2D eigenvalue weighted by atomic mass is 15.2. The molecule has 0 spiro atoms. The van der Waals surface area contributed by atoms with Gasteiger partial charge in [-0.05, 0) is 38.7 Å². The van der Waals surface area contributed by atoms with Gasteiger partial charge in [-0.3, -0.25) is 4.57 Å². The maximum atomic E-state index is 5.46. The number of rotatable bonds is 3. The highest BCUT2D eigenvalue weighted by molar-refractivity contribution is 6.34. The molecule has 0 unspecified atom stereocenters. The molecule has 0 aliphatic heterocycles. The van der Waals surface area contributed by atoms with Crippen molar-refractivity contribution in [2.24, 2.45) is 0 Å². The Morgan fingerprint density at radius 1 is 0.340 bits per heavy atom. The normalized spacial score (nSPS) is 11.8. The topological polar surface area (TPSA) is 30.7 Å². The van der Waals surface area contributed by atoms with Crippen molar-refractivity contribution in [1.82, 2.24) is 14.5 Å². The van der Waals surface area contributed by atoms with Gasteiger partial charge in [0.2, 0.25) is 5.95 Å². The molecule has 0 N–H and O–H groups in total. The molecule has 2 heterocycles. The minimum atomic E-state index is 0.669. The molecule has 0 aliphatic rings. The number of para-hydroxylation sites is 1. The summed E-state index contributed by atoms with van der Waals surface area (Å²) in [6, 6.07) is 58.3. The van der Waals surface area contributed by atoms with Crippen LogP contribution in [0.2, 0.25) is 0 Å². The van der Waals surface area contributed by atoms with Crippen LogP contribution in [0.25, 0.3) is 93.4 Å². The van der Waals surface area contributed by atoms with E-state index >= 15 is 0 Å². The molecule has 8 aromatic carbocycles. The number of hydrogen-bond acceptors (Lipinski definition) is 2. The van der Waals surface area contributed by atoms with Crippen molar-refractivity contribution in [2.45, 2.75) is 0 Å². The van der Waals surface area contributed by atoms with Gasteiger partial charge in [0.15, 0.2) is 0 Å². The van der Waals surface area contributed by atoms with Crippen LogP contribution in [0.15, 0.2) is 164 Å². The molecule has 0 bridgehead atoms. The lowest BCUT2D eigenvalue weighted by Gasteiger charge is -2.14. The predicted molar refractivity (Wildman–Crippen MR) is 197 cm³/mol. The number of aromatic nitrogens is 3. The van der Waals surface area contributed by atoms with Gasteiger partial charge in [-0.2, -0.15) is 0 Å². The number of benzene rings is 8. The maximum absolute atomic E-state index is 5.46. The molecule has 0 saturated heterocycles. The first-order chi connectivity index (χ1) is 23.3. The quantitative estimate of drug-likeness (QED) is 0.190. The molecular weight excluding hydrogens is 571 g/mol. The number of hydrogen-bond donors (Lipinski definition) is 0. The van der Waals surface area contributed by atoms with Crippen LogP contribution in [0.1, 0.15) is 0 Å². The van der Waals surface area contributed by atoms with E-state index in [-0.39, 0.29) is 0 Å². The summed E-state index contributed by atoms with van der Waals surface area (Å²) in [6.45, 7) is 0. The zero-order chi connectivity index (χ0) is 30.9. The third kappa shape index (κ3) is 3.87. The molecule has 10 aromatic rings. The molecule has 10 rings (SSSR count). The van der Waals surface area contributed by atoms with Crippen molar-refractivity contribution in [2.75, 3.05) is 0 Å². The average molecular weight is 598 g/mol. The first-order valence-corrected chi connectivity index (χ1v) is 16.0. The molecule has 3 heteroatoms. The zero-order valence-electron chi connectivity index (χ0n) is 25.4. The van der Waals surface area contributed by atoms with Gasteiger partial charge >= 0.3 is 0 Å². The second-order valence-corrected chi connectivity index (χ2v) is 12.2. The molecule has 47 heavy (non-hydrogen) atoms. The standard InChI is InChI=1S/C44H27N3/c1-2-12-28(13-3-1)29-22-24-31(25-23-29)41-37-20-10-11-21-39(37)45-44(46-41)47-42-32-15-5-4-14-30(32)26-27-38(42)40-35-18-8-6-16-33(35)34-17-7-9-19-36(34)43(40)47/h1-27H. The Kier molecular flexibility index (Phi) is 5.57. The molecule has 3 nitrogen and oxygen atoms in total. The Morgan fingerprint density at radius 2 is 0.915 bits per heavy atom. The van der Waals surface area contributed by atoms with Crippen LogP contribution < -0.4 is 0 Å². The van der Waals surface area contributed by atoms with E-state index < -0.39 is 0 Å². The van der Waals surface area contributed by atoms with Crippen LogP contribution in [-0.4, -0.2) is 14.5 Å². The van der Waals surface area contributed by atoms with Crippen LogP contribution in [-0.2, 0) is 0 Å². The van der Waals surface area contributed by atoms with Gasteiger partial charge in [0.05, 0.1) is 22.2 Å². The van der Waals surface area contributed by atoms with Crippen LogP contribution >= 0.6 is 0 Å². The van der Waals surface area contributed by atoms with E-state index in [4.69, 9.17) is 9.97 Å². The third-order valence-corrected chi connectivity index (χ3v) is 9.58. The molecule has 0 fully saturated rings. The second kappa shape index (κ2) is 10.1. The molecule has 218 valence electrons. The lowest BCUT2D eigenvalue weighted by Crippen LogP contribution is -2.04. The fourth-order valence-corrected chi connectivity index (χ4v) is 7.47. The lowest BCUT2D eigenvalue weighted by molar-refractivity contribution is 1.02. The van der Waals surface area contributed by atoms with E-state index in [9.17, 15) is 0 Å². The number of fused-ring (bicyclic) bond motifs is 11. The monoisotopic (exact) mass is 597 g/mol. The molecule has 0 aliphatic carbocycles. The van der Waals surface area contributed by atoms with Gasteiger partial charge in [0, 0.05) is 32.5 Å². The van der Waals surface area contributed by atoms with Crippen molar-refractivity contribution < 1.29 is 0 Å². The van der Waals surface area contributed by atoms with Crippen LogP contribution in [0.4, 0.5) is 0 Å². The SMILES string of the molecule is c1ccc(-c2ccc(-c3nc(-n4c5c6ccccc6ccc5c5c6ccccc6c6ccccc6c54)nc4ccccc34)cc2)cc1. The summed E-state index contributed by atoms with van der Waals surface area (Å²) in [4.78, 5) is 10.8. The van der Waals surface area contributed by atoms with Crippen LogP contribution in [0, 0.1) is 0 Å². The first-order valence-electron chi connectivity index (χ1n) is 16.0. The van der Waals surface area contributed by atoms with Crippen molar-refractivity contribution in [1.29, 1.82) is 0 Å². The average Bonchev–Trinajstić information content (AvgIpc) is 3.51. The molecule has 0 amide bonds. The lowest BCUT2D eigenvalue weighted by atomic mass is 9.96. The summed E-state index contributed by atoms with van der Waals surface area (Å²) in [5.41, 5.74) is 7.53. The van der Waals surface area contributed by atoms with E-state index in [1.54, 1.807) is 0 Å². The van der Waals surface area contributed by atoms with Crippen molar-refractivity contribution in [3.63, 3.8) is 0 Å². The van der Waals surface area contributed by atoms with E-state index in [1.165, 1.54) is 54.2 Å². The maximum Gasteiger partial charge on any atom is 0.235 e. The second-order valence-electron chi connectivity index (χ2n) is 12.2. The Hall–Kier alpha value is -6.32. The Balaban J connectivity index is 1.36. The first kappa shape index (κ1) is 26.0. The van der Waals surface area contributed by atoms with Crippen LogP contribution in [0.5, 0.6) is 0 Å². The highest BCUT2D eigenvalue weighted by Gasteiger charge is 2.23. The van der Waals surface area contributed by atoms with Crippen molar-refractivity contribution in [3.8, 4) is 28.3 Å². The summed E-state index contributed by atoms with van der Waals surface area (Å²) in [6.07, 6.45) is 0. The van der Waals surface area contributed by atoms with Gasteiger partial charge in [-0.15, -0.1) is 0 Å². The van der Waals surface area contributed by atoms with E-state index in [0.29, 0.717) is 5.95 Å². The van der Waals surface area contributed by atoms with E-state index in [1.807, 2.05) is 0 Å². The van der Waals surface area contributed by atoms with Gasteiger partial charge < -0.3 is 0 Å². The van der Waals surface area contributed by atoms with Gasteiger partial charge in [-0.1, -0.05) is 158 Å². The minimum Gasteiger partial charge on any atom is -0.277 e. The van der Waals surface area contributed by atoms with Gasteiger partial charge in [0.25, 0.3) is 0 Å². The molecule has 0 atom stereocenters. The summed E-state index contributed by atoms with van der Waals surface area (Å²) in [5, 5.41) is 10.7. The van der Waals surface area contributed by atoms with Crippen molar-refractivity contribution >= 4 is 65.0 Å². The van der Waals surface area contributed by atoms with Gasteiger partial charge in [0.1, 0.15) is 0 Å². The summed E-state index contributed by atoms with van der Waals surface area (Å²) in [7, 11) is 0. The zero-order valence-corrected chi connectivity index (χ0v) is 25.4. The molecule has 2 aromatic heterocycles. The minimum absolute atomic E-state index is 0.669. The van der Waals surface area contributed by atoms with Gasteiger partial charge in [-0.25, -0.2) is 9.97 Å². The highest BCUT2D eigenvalue weighted by Crippen LogP contribution is 2.44. The van der Waals surface area contributed by atoms with E-state index in [0.717, 1.165) is 33.2 Å². The number of nitrogens with zero attached hydrogens (tertiary/aromatic N) is 3. The molecule has 0 saturated carbocycles. The fraction of sp³-hybridized carbons (Fsp3) is 0.